The van der Waals surface area contributed by atoms with Crippen molar-refractivity contribution in [3.63, 3.8) is 0 Å². The van der Waals surface area contributed by atoms with Crippen molar-refractivity contribution >= 4 is 61.9 Å². The highest BCUT2D eigenvalue weighted by Crippen LogP contribution is 2.27. The van der Waals surface area contributed by atoms with Gasteiger partial charge in [-0.1, -0.05) is 33.6 Å². The fourth-order valence-corrected chi connectivity index (χ4v) is 2.95. The van der Waals surface area contributed by atoms with Crippen LogP contribution < -0.4 is 15.6 Å². The minimum atomic E-state index is -0.496. The molecule has 8 heteroatoms. The predicted octanol–water partition coefficient (Wildman–Crippen LogP) is 3.86. The molecule has 0 spiro atoms. The van der Waals surface area contributed by atoms with Crippen molar-refractivity contribution in [3.8, 4) is 5.75 Å². The Labute approximate surface area is 166 Å². The minimum Gasteiger partial charge on any atom is -0.482 e. The van der Waals surface area contributed by atoms with Crippen LogP contribution in [0.25, 0.3) is 0 Å². The van der Waals surface area contributed by atoms with Crippen LogP contribution in [-0.4, -0.2) is 18.4 Å². The highest BCUT2D eigenvalue weighted by molar-refractivity contribution is 14.1. The number of hydrogen-bond donors (Lipinski definition) is 2. The topological polar surface area (TPSA) is 67.4 Å². The Morgan fingerprint density at radius 2 is 1.96 bits per heavy atom. The molecule has 0 atom stereocenters. The van der Waals surface area contributed by atoms with Crippen LogP contribution in [0.3, 0.4) is 0 Å². The summed E-state index contributed by atoms with van der Waals surface area (Å²) in [6, 6.07) is 10.3. The molecule has 0 aliphatic heterocycles. The lowest BCUT2D eigenvalue weighted by atomic mass is 10.1. The molecule has 126 valence electrons. The molecule has 0 bridgehead atoms. The summed E-state index contributed by atoms with van der Waals surface area (Å²) in [6.45, 7) is 1.68. The first-order valence-electron chi connectivity index (χ1n) is 6.80. The van der Waals surface area contributed by atoms with Crippen LogP contribution in [0.2, 0.25) is 5.02 Å². The first-order chi connectivity index (χ1) is 11.4. The average molecular weight is 524 g/mol. The van der Waals surface area contributed by atoms with Crippen LogP contribution >= 0.6 is 50.1 Å². The highest BCUT2D eigenvalue weighted by atomic mass is 127. The number of hydrogen-bond acceptors (Lipinski definition) is 3. The summed E-state index contributed by atoms with van der Waals surface area (Å²) in [6.07, 6.45) is 0. The van der Waals surface area contributed by atoms with Gasteiger partial charge in [-0.05, 0) is 65.4 Å². The number of ether oxygens (including phenoxy) is 1. The second kappa shape index (κ2) is 8.68. The predicted molar refractivity (Wildman–Crippen MR) is 104 cm³/mol. The van der Waals surface area contributed by atoms with Crippen molar-refractivity contribution in [2.75, 3.05) is 6.61 Å². The number of rotatable bonds is 4. The molecule has 5 nitrogen and oxygen atoms in total. The van der Waals surface area contributed by atoms with Crippen molar-refractivity contribution in [1.29, 1.82) is 0 Å². The van der Waals surface area contributed by atoms with Gasteiger partial charge in [0, 0.05) is 13.6 Å². The van der Waals surface area contributed by atoms with E-state index >= 15 is 0 Å². The number of nitrogens with one attached hydrogen (secondary N) is 2. The molecule has 0 aliphatic rings. The monoisotopic (exact) mass is 522 g/mol. The maximum absolute atomic E-state index is 12.0. The van der Waals surface area contributed by atoms with Crippen molar-refractivity contribution in [3.05, 3.63) is 60.6 Å². The maximum Gasteiger partial charge on any atom is 0.276 e. The summed E-state index contributed by atoms with van der Waals surface area (Å²) in [5.74, 6) is -0.512. The van der Waals surface area contributed by atoms with Gasteiger partial charge in [-0.3, -0.25) is 20.4 Å². The lowest BCUT2D eigenvalue weighted by Crippen LogP contribution is -2.43. The number of benzene rings is 2. The van der Waals surface area contributed by atoms with Crippen molar-refractivity contribution < 1.29 is 14.3 Å². The third-order valence-corrected chi connectivity index (χ3v) is 4.95. The van der Waals surface area contributed by atoms with E-state index in [0.717, 1.165) is 13.6 Å². The molecule has 0 saturated carbocycles. The zero-order chi connectivity index (χ0) is 17.7. The average Bonchev–Trinajstić information content (AvgIpc) is 2.54. The molecule has 2 N–H and O–H groups in total. The zero-order valence-corrected chi connectivity index (χ0v) is 17.0. The van der Waals surface area contributed by atoms with E-state index in [1.165, 1.54) is 0 Å². The standard InChI is InChI=1S/C16H13BrClIN2O3/c1-9-2-3-10(6-13(9)19)16(23)21-20-15(22)8-24-14-5-4-11(17)7-12(14)18/h2-7H,8H2,1H3,(H,20,22)(H,21,23). The van der Waals surface area contributed by atoms with Crippen LogP contribution in [0, 0.1) is 10.5 Å². The summed E-state index contributed by atoms with van der Waals surface area (Å²) in [7, 11) is 0. The smallest absolute Gasteiger partial charge is 0.276 e. The largest absolute Gasteiger partial charge is 0.482 e. The molecule has 0 radical (unpaired) electrons. The van der Waals surface area contributed by atoms with E-state index in [-0.39, 0.29) is 6.61 Å². The Morgan fingerprint density at radius 1 is 1.21 bits per heavy atom. The zero-order valence-electron chi connectivity index (χ0n) is 12.5. The van der Waals surface area contributed by atoms with Crippen LogP contribution in [-0.2, 0) is 4.79 Å². The third kappa shape index (κ3) is 5.35. The maximum atomic E-state index is 12.0. The quantitative estimate of drug-likeness (QED) is 0.473. The van der Waals surface area contributed by atoms with E-state index in [1.807, 2.05) is 13.0 Å². The van der Waals surface area contributed by atoms with Crippen LogP contribution in [0.1, 0.15) is 15.9 Å². The lowest BCUT2D eigenvalue weighted by Gasteiger charge is -2.10. The normalized spacial score (nSPS) is 10.2. The van der Waals surface area contributed by atoms with Crippen molar-refractivity contribution in [1.82, 2.24) is 10.9 Å². The van der Waals surface area contributed by atoms with Gasteiger partial charge in [-0.15, -0.1) is 0 Å². The first-order valence-corrected chi connectivity index (χ1v) is 9.05. The molecule has 2 aromatic carbocycles. The number of halogens is 3. The summed E-state index contributed by atoms with van der Waals surface area (Å²) in [5, 5.41) is 0.385. The minimum absolute atomic E-state index is 0.271. The van der Waals surface area contributed by atoms with E-state index in [9.17, 15) is 9.59 Å². The van der Waals surface area contributed by atoms with Gasteiger partial charge in [-0.25, -0.2) is 0 Å². The SMILES string of the molecule is Cc1ccc(C(=O)NNC(=O)COc2ccc(Br)cc2Cl)cc1I. The lowest BCUT2D eigenvalue weighted by molar-refractivity contribution is -0.123. The Morgan fingerprint density at radius 3 is 2.62 bits per heavy atom. The molecule has 0 fully saturated rings. The van der Waals surface area contributed by atoms with E-state index in [0.29, 0.717) is 16.3 Å². The van der Waals surface area contributed by atoms with Gasteiger partial charge >= 0.3 is 0 Å². The summed E-state index contributed by atoms with van der Waals surface area (Å²) < 4.78 is 7.09. The molecule has 2 aromatic rings. The van der Waals surface area contributed by atoms with E-state index in [1.54, 1.807) is 30.3 Å². The molecule has 2 amide bonds. The third-order valence-electron chi connectivity index (χ3n) is 3.00. The van der Waals surface area contributed by atoms with Crippen LogP contribution in [0.4, 0.5) is 0 Å². The Balaban J connectivity index is 1.84. The number of carbonyl (C=O) groups excluding carboxylic acids is 2. The summed E-state index contributed by atoms with van der Waals surface area (Å²) >= 11 is 11.4. The second-order valence-electron chi connectivity index (χ2n) is 4.83. The van der Waals surface area contributed by atoms with Gasteiger partial charge in [0.05, 0.1) is 5.02 Å². The summed E-state index contributed by atoms with van der Waals surface area (Å²) in [5.41, 5.74) is 6.18. The van der Waals surface area contributed by atoms with E-state index in [2.05, 4.69) is 49.4 Å². The molecule has 24 heavy (non-hydrogen) atoms. The Kier molecular flexibility index (Phi) is 6.88. The Bertz CT molecular complexity index is 786. The molecule has 0 heterocycles. The number of hydrazine groups is 1. The van der Waals surface area contributed by atoms with E-state index < -0.39 is 11.8 Å². The second-order valence-corrected chi connectivity index (χ2v) is 7.31. The number of carbonyl (C=O) groups is 2. The van der Waals surface area contributed by atoms with Gasteiger partial charge in [0.15, 0.2) is 6.61 Å². The molecule has 0 saturated heterocycles. The molecular weight excluding hydrogens is 510 g/mol. The molecular formula is C16H13BrClIN2O3. The highest BCUT2D eigenvalue weighted by Gasteiger charge is 2.10. The van der Waals surface area contributed by atoms with Gasteiger partial charge in [-0.2, -0.15) is 0 Å². The van der Waals surface area contributed by atoms with Crippen LogP contribution in [0.15, 0.2) is 40.9 Å². The van der Waals surface area contributed by atoms with Crippen molar-refractivity contribution in [2.24, 2.45) is 0 Å². The molecule has 0 unspecified atom stereocenters. The number of amides is 2. The van der Waals surface area contributed by atoms with Gasteiger partial charge < -0.3 is 4.74 Å². The molecule has 0 aliphatic carbocycles. The fraction of sp³-hybridized carbons (Fsp3) is 0.125. The first kappa shape index (κ1) is 19.0. The Hall–Kier alpha value is -1.32. The van der Waals surface area contributed by atoms with Crippen LogP contribution in [0.5, 0.6) is 5.75 Å². The molecule has 2 rings (SSSR count). The molecule has 0 aromatic heterocycles. The van der Waals surface area contributed by atoms with Gasteiger partial charge in [0.25, 0.3) is 11.8 Å². The fourth-order valence-electron chi connectivity index (χ4n) is 1.70. The summed E-state index contributed by atoms with van der Waals surface area (Å²) in [4.78, 5) is 23.7. The van der Waals surface area contributed by atoms with E-state index in [4.69, 9.17) is 16.3 Å². The number of aryl methyl sites for hydroxylation is 1. The van der Waals surface area contributed by atoms with Gasteiger partial charge in [0.1, 0.15) is 5.75 Å². The van der Waals surface area contributed by atoms with Crippen molar-refractivity contribution in [2.45, 2.75) is 6.92 Å². The van der Waals surface area contributed by atoms with Gasteiger partial charge in [0.2, 0.25) is 0 Å².